The van der Waals surface area contributed by atoms with Crippen LogP contribution in [0.4, 0.5) is 0 Å². The SMILES string of the molecule is CC(NC(=O)Cc1noc2ccccc12)c1ccc(C#N)cc1. The first-order valence-corrected chi connectivity index (χ1v) is 7.30. The zero-order valence-corrected chi connectivity index (χ0v) is 12.6. The lowest BCUT2D eigenvalue weighted by molar-refractivity contribution is -0.121. The van der Waals surface area contributed by atoms with Crippen molar-refractivity contribution in [3.05, 3.63) is 65.4 Å². The summed E-state index contributed by atoms with van der Waals surface area (Å²) in [6.45, 7) is 1.90. The lowest BCUT2D eigenvalue weighted by atomic mass is 10.1. The van der Waals surface area contributed by atoms with Crippen LogP contribution in [0.5, 0.6) is 0 Å². The normalized spacial score (nSPS) is 11.8. The predicted molar refractivity (Wildman–Crippen MR) is 85.4 cm³/mol. The molecule has 5 nitrogen and oxygen atoms in total. The highest BCUT2D eigenvalue weighted by Gasteiger charge is 2.14. The molecule has 0 bridgehead atoms. The summed E-state index contributed by atoms with van der Waals surface area (Å²) in [4.78, 5) is 12.2. The first-order chi connectivity index (χ1) is 11.2. The summed E-state index contributed by atoms with van der Waals surface area (Å²) in [7, 11) is 0. The van der Waals surface area contributed by atoms with Gasteiger partial charge in [0.25, 0.3) is 0 Å². The van der Waals surface area contributed by atoms with E-state index in [1.807, 2.05) is 43.3 Å². The molecule has 0 aliphatic carbocycles. The van der Waals surface area contributed by atoms with E-state index < -0.39 is 0 Å². The van der Waals surface area contributed by atoms with E-state index in [4.69, 9.17) is 9.78 Å². The van der Waals surface area contributed by atoms with Crippen molar-refractivity contribution in [2.75, 3.05) is 0 Å². The highest BCUT2D eigenvalue weighted by atomic mass is 16.5. The fourth-order valence-corrected chi connectivity index (χ4v) is 2.44. The van der Waals surface area contributed by atoms with Crippen molar-refractivity contribution in [1.29, 1.82) is 5.26 Å². The van der Waals surface area contributed by atoms with Gasteiger partial charge in [0, 0.05) is 5.39 Å². The van der Waals surface area contributed by atoms with Crippen LogP contribution in [0.1, 0.15) is 29.8 Å². The third-order valence-corrected chi connectivity index (χ3v) is 3.70. The van der Waals surface area contributed by atoms with E-state index in [1.165, 1.54) is 0 Å². The van der Waals surface area contributed by atoms with Crippen molar-refractivity contribution in [2.45, 2.75) is 19.4 Å². The molecule has 1 amide bonds. The van der Waals surface area contributed by atoms with Gasteiger partial charge in [0.15, 0.2) is 5.58 Å². The van der Waals surface area contributed by atoms with Gasteiger partial charge >= 0.3 is 0 Å². The fourth-order valence-electron chi connectivity index (χ4n) is 2.44. The predicted octanol–water partition coefficient (Wildman–Crippen LogP) is 3.12. The Labute approximate surface area is 133 Å². The molecule has 0 fully saturated rings. The fraction of sp³-hybridized carbons (Fsp3) is 0.167. The number of amides is 1. The Kier molecular flexibility index (Phi) is 4.07. The maximum atomic E-state index is 12.2. The Morgan fingerprint density at radius 1 is 1.26 bits per heavy atom. The summed E-state index contributed by atoms with van der Waals surface area (Å²) < 4.78 is 5.20. The van der Waals surface area contributed by atoms with Gasteiger partial charge in [-0.2, -0.15) is 5.26 Å². The maximum Gasteiger partial charge on any atom is 0.226 e. The average molecular weight is 305 g/mol. The second-order valence-electron chi connectivity index (χ2n) is 5.33. The summed E-state index contributed by atoms with van der Waals surface area (Å²) in [6.07, 6.45) is 0.164. The highest BCUT2D eigenvalue weighted by Crippen LogP contribution is 2.19. The minimum absolute atomic E-state index is 0.124. The molecule has 114 valence electrons. The quantitative estimate of drug-likeness (QED) is 0.803. The lowest BCUT2D eigenvalue weighted by Crippen LogP contribution is -2.28. The van der Waals surface area contributed by atoms with Crippen LogP contribution in [0.3, 0.4) is 0 Å². The van der Waals surface area contributed by atoms with Crippen LogP contribution in [-0.2, 0) is 11.2 Å². The maximum absolute atomic E-state index is 12.2. The van der Waals surface area contributed by atoms with Gasteiger partial charge < -0.3 is 9.84 Å². The van der Waals surface area contributed by atoms with Crippen LogP contribution >= 0.6 is 0 Å². The Morgan fingerprint density at radius 3 is 2.74 bits per heavy atom. The van der Waals surface area contributed by atoms with Gasteiger partial charge in [0.2, 0.25) is 5.91 Å². The van der Waals surface area contributed by atoms with Gasteiger partial charge in [-0.15, -0.1) is 0 Å². The minimum Gasteiger partial charge on any atom is -0.356 e. The number of para-hydroxylation sites is 1. The molecule has 1 N–H and O–H groups in total. The van der Waals surface area contributed by atoms with Gasteiger partial charge in [-0.25, -0.2) is 0 Å². The largest absolute Gasteiger partial charge is 0.356 e. The molecule has 23 heavy (non-hydrogen) atoms. The van der Waals surface area contributed by atoms with Crippen LogP contribution < -0.4 is 5.32 Å². The number of nitrogens with zero attached hydrogens (tertiary/aromatic N) is 2. The van der Waals surface area contributed by atoms with Crippen molar-refractivity contribution in [2.24, 2.45) is 0 Å². The van der Waals surface area contributed by atoms with Crippen LogP contribution in [-0.4, -0.2) is 11.1 Å². The van der Waals surface area contributed by atoms with E-state index in [2.05, 4.69) is 16.5 Å². The first kappa shape index (κ1) is 14.8. The van der Waals surface area contributed by atoms with E-state index >= 15 is 0 Å². The Balaban J connectivity index is 1.67. The molecule has 0 spiro atoms. The van der Waals surface area contributed by atoms with Gasteiger partial charge in [0.1, 0.15) is 5.69 Å². The van der Waals surface area contributed by atoms with Gasteiger partial charge in [-0.3, -0.25) is 4.79 Å². The van der Waals surface area contributed by atoms with E-state index in [0.29, 0.717) is 16.8 Å². The highest BCUT2D eigenvalue weighted by molar-refractivity contribution is 5.86. The van der Waals surface area contributed by atoms with Crippen LogP contribution in [0.15, 0.2) is 53.1 Å². The molecule has 1 aromatic heterocycles. The molecule has 0 saturated heterocycles. The number of carbonyl (C=O) groups excluding carboxylic acids is 1. The standard InChI is InChI=1S/C18H15N3O2/c1-12(14-8-6-13(11-19)7-9-14)20-18(22)10-16-15-4-2-3-5-17(15)23-21-16/h2-9,12H,10H2,1H3,(H,20,22). The second-order valence-corrected chi connectivity index (χ2v) is 5.33. The topological polar surface area (TPSA) is 78.9 Å². The summed E-state index contributed by atoms with van der Waals surface area (Å²) in [5, 5.41) is 16.6. The summed E-state index contributed by atoms with van der Waals surface area (Å²) in [6, 6.07) is 16.6. The van der Waals surface area contributed by atoms with E-state index in [-0.39, 0.29) is 18.4 Å². The second kappa shape index (κ2) is 6.32. The molecule has 1 heterocycles. The van der Waals surface area contributed by atoms with E-state index in [0.717, 1.165) is 10.9 Å². The number of carbonyl (C=O) groups is 1. The third-order valence-electron chi connectivity index (χ3n) is 3.70. The molecule has 5 heteroatoms. The molecule has 3 aromatic rings. The van der Waals surface area contributed by atoms with Crippen molar-refractivity contribution in [3.8, 4) is 6.07 Å². The molecule has 1 atom stereocenters. The molecule has 0 aliphatic heterocycles. The number of rotatable bonds is 4. The van der Waals surface area contributed by atoms with Gasteiger partial charge in [0.05, 0.1) is 24.1 Å². The van der Waals surface area contributed by atoms with Gasteiger partial charge in [-0.05, 0) is 36.8 Å². The summed E-state index contributed by atoms with van der Waals surface area (Å²) in [5.41, 5.74) is 2.85. The number of nitriles is 1. The minimum atomic E-state index is -0.145. The van der Waals surface area contributed by atoms with Crippen LogP contribution in [0.25, 0.3) is 11.0 Å². The smallest absolute Gasteiger partial charge is 0.226 e. The molecule has 0 aliphatic rings. The summed E-state index contributed by atoms with van der Waals surface area (Å²) in [5.74, 6) is -0.124. The van der Waals surface area contributed by atoms with E-state index in [9.17, 15) is 4.79 Å². The molecular weight excluding hydrogens is 290 g/mol. The van der Waals surface area contributed by atoms with Crippen LogP contribution in [0.2, 0.25) is 0 Å². The number of hydrogen-bond donors (Lipinski definition) is 1. The summed E-state index contributed by atoms with van der Waals surface area (Å²) >= 11 is 0. The zero-order chi connectivity index (χ0) is 16.2. The van der Waals surface area contributed by atoms with Crippen LogP contribution in [0, 0.1) is 11.3 Å². The van der Waals surface area contributed by atoms with Crippen molar-refractivity contribution in [3.63, 3.8) is 0 Å². The average Bonchev–Trinajstić information content (AvgIpc) is 2.98. The Morgan fingerprint density at radius 2 is 2.00 bits per heavy atom. The molecule has 1 unspecified atom stereocenters. The Bertz CT molecular complexity index is 875. The molecule has 3 rings (SSSR count). The Hall–Kier alpha value is -3.13. The number of nitrogens with one attached hydrogen (secondary N) is 1. The number of fused-ring (bicyclic) bond motifs is 1. The number of aromatic nitrogens is 1. The van der Waals surface area contributed by atoms with E-state index in [1.54, 1.807) is 12.1 Å². The third kappa shape index (κ3) is 3.22. The zero-order valence-electron chi connectivity index (χ0n) is 12.6. The lowest BCUT2D eigenvalue weighted by Gasteiger charge is -2.14. The van der Waals surface area contributed by atoms with Crippen molar-refractivity contribution < 1.29 is 9.32 Å². The molecule has 2 aromatic carbocycles. The van der Waals surface area contributed by atoms with Crippen molar-refractivity contribution in [1.82, 2.24) is 10.5 Å². The molecule has 0 radical (unpaired) electrons. The molecule has 0 saturated carbocycles. The monoisotopic (exact) mass is 305 g/mol. The first-order valence-electron chi connectivity index (χ1n) is 7.30. The molecular formula is C18H15N3O2. The van der Waals surface area contributed by atoms with Crippen molar-refractivity contribution >= 4 is 16.9 Å². The number of benzene rings is 2. The van der Waals surface area contributed by atoms with Gasteiger partial charge in [-0.1, -0.05) is 29.4 Å². The number of hydrogen-bond acceptors (Lipinski definition) is 4.